The SMILES string of the molecule is NCCCNCCCCCCCCNC(=O)C(Cc1ccc(O)cc1)NCCCC=O. The molecule has 7 heteroatoms. The van der Waals surface area contributed by atoms with E-state index in [1.807, 2.05) is 12.1 Å². The summed E-state index contributed by atoms with van der Waals surface area (Å²) in [4.78, 5) is 23.2. The van der Waals surface area contributed by atoms with Gasteiger partial charge in [0.2, 0.25) is 5.91 Å². The van der Waals surface area contributed by atoms with Gasteiger partial charge < -0.3 is 31.6 Å². The topological polar surface area (TPSA) is 116 Å². The minimum Gasteiger partial charge on any atom is -0.508 e. The number of phenols is 1. The van der Waals surface area contributed by atoms with Crippen molar-refractivity contribution in [2.24, 2.45) is 5.73 Å². The fraction of sp³-hybridized carbons (Fsp3) is 0.667. The molecule has 0 heterocycles. The van der Waals surface area contributed by atoms with Crippen LogP contribution >= 0.6 is 0 Å². The van der Waals surface area contributed by atoms with E-state index >= 15 is 0 Å². The molecule has 1 aromatic rings. The maximum Gasteiger partial charge on any atom is 0.237 e. The average molecular weight is 435 g/mol. The Morgan fingerprint density at radius 2 is 1.55 bits per heavy atom. The molecule has 176 valence electrons. The maximum atomic E-state index is 12.7. The summed E-state index contributed by atoms with van der Waals surface area (Å²) in [7, 11) is 0. The lowest BCUT2D eigenvalue weighted by Gasteiger charge is -2.18. The summed E-state index contributed by atoms with van der Waals surface area (Å²) in [5.41, 5.74) is 6.45. The molecule has 31 heavy (non-hydrogen) atoms. The number of nitrogens with two attached hydrogens (primary N) is 1. The molecular formula is C24H42N4O3. The number of amides is 1. The fourth-order valence-electron chi connectivity index (χ4n) is 3.36. The lowest BCUT2D eigenvalue weighted by molar-refractivity contribution is -0.123. The number of aldehydes is 1. The second-order valence-electron chi connectivity index (χ2n) is 7.99. The third-order valence-electron chi connectivity index (χ3n) is 5.22. The number of benzene rings is 1. The summed E-state index contributed by atoms with van der Waals surface area (Å²) in [5.74, 6) is 0.203. The number of rotatable bonds is 20. The molecule has 1 aromatic carbocycles. The Balaban J connectivity index is 2.20. The first-order valence-electron chi connectivity index (χ1n) is 11.8. The number of aromatic hydroxyl groups is 1. The van der Waals surface area contributed by atoms with E-state index in [0.717, 1.165) is 50.7 Å². The molecule has 0 saturated carbocycles. The Bertz CT molecular complexity index is 581. The molecule has 6 N–H and O–H groups in total. The van der Waals surface area contributed by atoms with Gasteiger partial charge in [0.1, 0.15) is 12.0 Å². The van der Waals surface area contributed by atoms with Gasteiger partial charge in [-0.25, -0.2) is 0 Å². The van der Waals surface area contributed by atoms with E-state index in [9.17, 15) is 14.7 Å². The van der Waals surface area contributed by atoms with Gasteiger partial charge in [0, 0.05) is 13.0 Å². The molecule has 0 aliphatic rings. The number of hydrogen-bond donors (Lipinski definition) is 5. The van der Waals surface area contributed by atoms with Crippen LogP contribution in [0.15, 0.2) is 24.3 Å². The molecule has 1 atom stereocenters. The predicted octanol–water partition coefficient (Wildman–Crippen LogP) is 2.27. The van der Waals surface area contributed by atoms with Crippen LogP contribution in [0.1, 0.15) is 63.4 Å². The van der Waals surface area contributed by atoms with Crippen molar-refractivity contribution in [1.82, 2.24) is 16.0 Å². The van der Waals surface area contributed by atoms with E-state index in [2.05, 4.69) is 16.0 Å². The first-order chi connectivity index (χ1) is 15.2. The zero-order chi connectivity index (χ0) is 22.6. The number of unbranched alkanes of at least 4 members (excludes halogenated alkanes) is 6. The number of nitrogens with one attached hydrogen (secondary N) is 3. The highest BCUT2D eigenvalue weighted by Crippen LogP contribution is 2.11. The minimum absolute atomic E-state index is 0.0114. The van der Waals surface area contributed by atoms with Gasteiger partial charge in [-0.05, 0) is 76.0 Å². The summed E-state index contributed by atoms with van der Waals surface area (Å²) in [6.45, 7) is 4.13. The highest BCUT2D eigenvalue weighted by atomic mass is 16.3. The molecule has 1 amide bonds. The highest BCUT2D eigenvalue weighted by Gasteiger charge is 2.17. The monoisotopic (exact) mass is 434 g/mol. The molecule has 0 fully saturated rings. The zero-order valence-electron chi connectivity index (χ0n) is 18.9. The quantitative estimate of drug-likeness (QED) is 0.159. The third-order valence-corrected chi connectivity index (χ3v) is 5.22. The van der Waals surface area contributed by atoms with Crippen molar-refractivity contribution in [2.45, 2.75) is 70.3 Å². The Kier molecular flexibility index (Phi) is 16.4. The Morgan fingerprint density at radius 1 is 0.903 bits per heavy atom. The summed E-state index contributed by atoms with van der Waals surface area (Å²) < 4.78 is 0. The van der Waals surface area contributed by atoms with Crippen LogP contribution in [0.2, 0.25) is 0 Å². The van der Waals surface area contributed by atoms with Gasteiger partial charge in [-0.3, -0.25) is 4.79 Å². The van der Waals surface area contributed by atoms with Crippen molar-refractivity contribution in [2.75, 3.05) is 32.7 Å². The smallest absolute Gasteiger partial charge is 0.237 e. The Morgan fingerprint density at radius 3 is 2.23 bits per heavy atom. The van der Waals surface area contributed by atoms with Crippen LogP contribution in [0, 0.1) is 0 Å². The Hall–Kier alpha value is -1.96. The molecule has 0 aliphatic heterocycles. The van der Waals surface area contributed by atoms with Crippen molar-refractivity contribution >= 4 is 12.2 Å². The number of phenolic OH excluding ortho intramolecular Hbond substituents is 1. The van der Waals surface area contributed by atoms with Crippen LogP contribution in [0.25, 0.3) is 0 Å². The molecule has 7 nitrogen and oxygen atoms in total. The van der Waals surface area contributed by atoms with E-state index in [1.165, 1.54) is 25.7 Å². The van der Waals surface area contributed by atoms with Gasteiger partial charge in [0.05, 0.1) is 6.04 Å². The minimum atomic E-state index is -0.344. The van der Waals surface area contributed by atoms with E-state index in [-0.39, 0.29) is 17.7 Å². The van der Waals surface area contributed by atoms with Crippen LogP contribution in [0.5, 0.6) is 5.75 Å². The number of hydrogen-bond acceptors (Lipinski definition) is 6. The largest absolute Gasteiger partial charge is 0.508 e. The fourth-order valence-corrected chi connectivity index (χ4v) is 3.36. The van der Waals surface area contributed by atoms with Crippen LogP contribution in [0.3, 0.4) is 0 Å². The molecular weight excluding hydrogens is 392 g/mol. The summed E-state index contributed by atoms with van der Waals surface area (Å²) >= 11 is 0. The summed E-state index contributed by atoms with van der Waals surface area (Å²) in [5, 5.41) is 19.2. The van der Waals surface area contributed by atoms with Crippen molar-refractivity contribution in [3.8, 4) is 5.75 Å². The van der Waals surface area contributed by atoms with Crippen molar-refractivity contribution in [1.29, 1.82) is 0 Å². The first-order valence-corrected chi connectivity index (χ1v) is 11.8. The van der Waals surface area contributed by atoms with Crippen LogP contribution < -0.4 is 21.7 Å². The molecule has 0 aromatic heterocycles. The molecule has 0 aliphatic carbocycles. The van der Waals surface area contributed by atoms with Gasteiger partial charge in [-0.15, -0.1) is 0 Å². The van der Waals surface area contributed by atoms with E-state index in [4.69, 9.17) is 5.73 Å². The third kappa shape index (κ3) is 14.6. The normalized spacial score (nSPS) is 11.9. The van der Waals surface area contributed by atoms with Crippen LogP contribution in [-0.4, -0.2) is 56.1 Å². The predicted molar refractivity (Wildman–Crippen MR) is 126 cm³/mol. The molecule has 0 bridgehead atoms. The van der Waals surface area contributed by atoms with Gasteiger partial charge in [0.15, 0.2) is 0 Å². The zero-order valence-corrected chi connectivity index (χ0v) is 18.9. The van der Waals surface area contributed by atoms with Crippen LogP contribution in [-0.2, 0) is 16.0 Å². The molecule has 1 unspecified atom stereocenters. The second-order valence-corrected chi connectivity index (χ2v) is 7.99. The Labute approximate surface area is 187 Å². The van der Waals surface area contributed by atoms with Gasteiger partial charge in [0.25, 0.3) is 0 Å². The summed E-state index contributed by atoms with van der Waals surface area (Å²) in [6.07, 6.45) is 10.7. The highest BCUT2D eigenvalue weighted by molar-refractivity contribution is 5.82. The van der Waals surface area contributed by atoms with Crippen molar-refractivity contribution in [3.63, 3.8) is 0 Å². The van der Waals surface area contributed by atoms with Gasteiger partial charge in [-0.1, -0.05) is 37.8 Å². The standard InChI is InChI=1S/C24H42N4O3/c25-14-9-16-26-15-5-3-1-2-4-6-18-28-24(31)23(27-17-7-8-19-29)20-21-10-12-22(30)13-11-21/h10-13,19,23,26-27,30H,1-9,14-18,20,25H2,(H,28,31). The summed E-state index contributed by atoms with van der Waals surface area (Å²) in [6, 6.07) is 6.58. The van der Waals surface area contributed by atoms with Crippen LogP contribution in [0.4, 0.5) is 0 Å². The van der Waals surface area contributed by atoms with Crippen molar-refractivity contribution < 1.29 is 14.7 Å². The maximum absolute atomic E-state index is 12.7. The van der Waals surface area contributed by atoms with E-state index in [1.54, 1.807) is 12.1 Å². The van der Waals surface area contributed by atoms with Crippen molar-refractivity contribution in [3.05, 3.63) is 29.8 Å². The van der Waals surface area contributed by atoms with E-state index < -0.39 is 0 Å². The molecule has 0 saturated heterocycles. The lowest BCUT2D eigenvalue weighted by atomic mass is 10.0. The van der Waals surface area contributed by atoms with Gasteiger partial charge >= 0.3 is 0 Å². The lowest BCUT2D eigenvalue weighted by Crippen LogP contribution is -2.46. The molecule has 0 spiro atoms. The van der Waals surface area contributed by atoms with Gasteiger partial charge in [-0.2, -0.15) is 0 Å². The molecule has 1 rings (SSSR count). The number of carbonyl (C=O) groups excluding carboxylic acids is 2. The second kappa shape index (κ2) is 18.8. The first kappa shape index (κ1) is 27.1. The average Bonchev–Trinajstić information content (AvgIpc) is 2.77. The van der Waals surface area contributed by atoms with E-state index in [0.29, 0.717) is 32.4 Å². The number of carbonyl (C=O) groups is 2. The molecule has 0 radical (unpaired) electrons.